The van der Waals surface area contributed by atoms with Crippen molar-refractivity contribution in [1.82, 2.24) is 19.9 Å². The van der Waals surface area contributed by atoms with Crippen molar-refractivity contribution in [3.63, 3.8) is 0 Å². The quantitative estimate of drug-likeness (QED) is 0.573. The maximum absolute atomic E-state index is 13.1. The van der Waals surface area contributed by atoms with Gasteiger partial charge < -0.3 is 10.4 Å². The molecule has 0 saturated heterocycles. The van der Waals surface area contributed by atoms with Gasteiger partial charge in [0.15, 0.2) is 5.65 Å². The molecule has 3 heterocycles. The van der Waals surface area contributed by atoms with Crippen LogP contribution in [0.4, 0.5) is 0 Å². The molecule has 4 aromatic rings. The molecule has 0 aliphatic carbocycles. The van der Waals surface area contributed by atoms with Crippen LogP contribution >= 0.6 is 0 Å². The molecule has 0 radical (unpaired) electrons. The van der Waals surface area contributed by atoms with Gasteiger partial charge in [-0.3, -0.25) is 19.1 Å². The third kappa shape index (κ3) is 3.09. The highest BCUT2D eigenvalue weighted by atomic mass is 16.3. The smallest absolute Gasteiger partial charge is 0.273 e. The zero-order chi connectivity index (χ0) is 19.5. The molecule has 28 heavy (non-hydrogen) atoms. The summed E-state index contributed by atoms with van der Waals surface area (Å²) in [6.45, 7) is 0.183. The molecule has 0 aliphatic rings. The summed E-state index contributed by atoms with van der Waals surface area (Å²) in [7, 11) is 0. The number of hydrogen-bond acceptors (Lipinski definition) is 5. The van der Waals surface area contributed by atoms with Gasteiger partial charge in [0.1, 0.15) is 11.3 Å². The lowest BCUT2D eigenvalue weighted by molar-refractivity contribution is 0.0946. The molecule has 0 bridgehead atoms. The Bertz CT molecular complexity index is 1200. The Morgan fingerprint density at radius 3 is 2.57 bits per heavy atom. The maximum atomic E-state index is 13.1. The molecule has 0 unspecified atom stereocenters. The zero-order valence-corrected chi connectivity index (χ0v) is 14.7. The predicted octanol–water partition coefficient (Wildman–Crippen LogP) is 2.42. The molecule has 3 aromatic heterocycles. The number of aromatic nitrogens is 3. The van der Waals surface area contributed by atoms with E-state index in [-0.39, 0.29) is 23.5 Å². The van der Waals surface area contributed by atoms with E-state index in [9.17, 15) is 14.7 Å². The van der Waals surface area contributed by atoms with E-state index in [1.165, 1.54) is 10.8 Å². The van der Waals surface area contributed by atoms with Crippen LogP contribution in [0.1, 0.15) is 15.9 Å². The van der Waals surface area contributed by atoms with Gasteiger partial charge in [-0.2, -0.15) is 0 Å². The summed E-state index contributed by atoms with van der Waals surface area (Å²) in [5.41, 5.74) is 0.644. The number of benzene rings is 1. The highest BCUT2D eigenvalue weighted by molar-refractivity contribution is 6.02. The minimum absolute atomic E-state index is 0.183. The Morgan fingerprint density at radius 2 is 1.82 bits per heavy atom. The molecule has 4 rings (SSSR count). The summed E-state index contributed by atoms with van der Waals surface area (Å²) in [6, 6.07) is 15.7. The van der Waals surface area contributed by atoms with Crippen LogP contribution in [0.2, 0.25) is 0 Å². The van der Waals surface area contributed by atoms with E-state index in [1.54, 1.807) is 60.9 Å². The molecule has 7 heteroatoms. The third-order valence-corrected chi connectivity index (χ3v) is 4.32. The molecule has 0 aliphatic heterocycles. The molecule has 138 valence electrons. The standard InChI is InChI=1S/C21H16N4O3/c26-18-16-9-5-11-23-19(16)25(15-7-2-1-3-8-15)21(28)17(18)20(27)24-13-14-6-4-10-22-12-14/h1-12,26H,13H2,(H,24,27). The van der Waals surface area contributed by atoms with Crippen LogP contribution in [-0.2, 0) is 6.54 Å². The van der Waals surface area contributed by atoms with Gasteiger partial charge in [0.05, 0.1) is 11.1 Å². The lowest BCUT2D eigenvalue weighted by Gasteiger charge is -2.14. The molecule has 2 N–H and O–H groups in total. The van der Waals surface area contributed by atoms with E-state index in [4.69, 9.17) is 0 Å². The van der Waals surface area contributed by atoms with Crippen molar-refractivity contribution >= 4 is 16.9 Å². The van der Waals surface area contributed by atoms with E-state index in [0.717, 1.165) is 5.56 Å². The van der Waals surface area contributed by atoms with E-state index < -0.39 is 11.5 Å². The van der Waals surface area contributed by atoms with Gasteiger partial charge >= 0.3 is 0 Å². The number of rotatable bonds is 4. The lowest BCUT2D eigenvalue weighted by atomic mass is 10.1. The number of nitrogens with one attached hydrogen (secondary N) is 1. The van der Waals surface area contributed by atoms with Crippen molar-refractivity contribution in [2.24, 2.45) is 0 Å². The van der Waals surface area contributed by atoms with Gasteiger partial charge in [0.25, 0.3) is 11.5 Å². The van der Waals surface area contributed by atoms with Crippen LogP contribution < -0.4 is 10.9 Å². The first-order valence-electron chi connectivity index (χ1n) is 8.62. The maximum Gasteiger partial charge on any atom is 0.273 e. The summed E-state index contributed by atoms with van der Waals surface area (Å²) in [4.78, 5) is 34.1. The summed E-state index contributed by atoms with van der Waals surface area (Å²) in [5.74, 6) is -1.05. The van der Waals surface area contributed by atoms with Crippen molar-refractivity contribution in [1.29, 1.82) is 0 Å². The number of nitrogens with zero attached hydrogens (tertiary/aromatic N) is 3. The van der Waals surface area contributed by atoms with Crippen molar-refractivity contribution in [3.8, 4) is 11.4 Å². The van der Waals surface area contributed by atoms with E-state index >= 15 is 0 Å². The van der Waals surface area contributed by atoms with E-state index in [0.29, 0.717) is 11.1 Å². The normalized spacial score (nSPS) is 10.7. The van der Waals surface area contributed by atoms with Crippen molar-refractivity contribution in [2.45, 2.75) is 6.54 Å². The van der Waals surface area contributed by atoms with Gasteiger partial charge in [0.2, 0.25) is 0 Å². The lowest BCUT2D eigenvalue weighted by Crippen LogP contribution is -2.33. The van der Waals surface area contributed by atoms with Crippen LogP contribution in [0.25, 0.3) is 16.7 Å². The molecule has 0 atom stereocenters. The first-order valence-corrected chi connectivity index (χ1v) is 8.62. The van der Waals surface area contributed by atoms with Gasteiger partial charge in [-0.25, -0.2) is 4.98 Å². The molecular weight excluding hydrogens is 356 g/mol. The topological polar surface area (TPSA) is 97.1 Å². The van der Waals surface area contributed by atoms with E-state index in [1.807, 2.05) is 6.07 Å². The Kier molecular flexibility index (Phi) is 4.55. The van der Waals surface area contributed by atoms with Gasteiger partial charge in [-0.1, -0.05) is 24.3 Å². The Morgan fingerprint density at radius 1 is 1.04 bits per heavy atom. The van der Waals surface area contributed by atoms with Crippen molar-refractivity contribution in [3.05, 3.63) is 94.7 Å². The average molecular weight is 372 g/mol. The van der Waals surface area contributed by atoms with Crippen molar-refractivity contribution in [2.75, 3.05) is 0 Å². The second-order valence-electron chi connectivity index (χ2n) is 6.12. The molecule has 0 spiro atoms. The zero-order valence-electron chi connectivity index (χ0n) is 14.7. The third-order valence-electron chi connectivity index (χ3n) is 4.32. The molecule has 7 nitrogen and oxygen atoms in total. The second-order valence-corrected chi connectivity index (χ2v) is 6.12. The molecule has 0 saturated carbocycles. The SMILES string of the molecule is O=C(NCc1cccnc1)c1c(O)c2cccnc2n(-c2ccccc2)c1=O. The number of hydrogen-bond donors (Lipinski definition) is 2. The average Bonchev–Trinajstić information content (AvgIpc) is 2.74. The summed E-state index contributed by atoms with van der Waals surface area (Å²) >= 11 is 0. The minimum atomic E-state index is -0.665. The van der Waals surface area contributed by atoms with Crippen LogP contribution in [0.5, 0.6) is 5.75 Å². The van der Waals surface area contributed by atoms with Crippen LogP contribution in [0.3, 0.4) is 0 Å². The number of fused-ring (bicyclic) bond motifs is 1. The number of aromatic hydroxyl groups is 1. The van der Waals surface area contributed by atoms with E-state index in [2.05, 4.69) is 15.3 Å². The van der Waals surface area contributed by atoms with Gasteiger partial charge in [-0.15, -0.1) is 0 Å². The first kappa shape index (κ1) is 17.4. The van der Waals surface area contributed by atoms with Crippen LogP contribution in [0.15, 0.2) is 78.0 Å². The number of pyridine rings is 3. The fraction of sp³-hybridized carbons (Fsp3) is 0.0476. The molecule has 1 amide bonds. The fourth-order valence-corrected chi connectivity index (χ4v) is 3.00. The highest BCUT2D eigenvalue weighted by Gasteiger charge is 2.23. The van der Waals surface area contributed by atoms with Gasteiger partial charge in [0, 0.05) is 25.1 Å². The summed E-state index contributed by atoms with van der Waals surface area (Å²) in [5, 5.41) is 13.6. The number of para-hydroxylation sites is 1. The van der Waals surface area contributed by atoms with Crippen LogP contribution in [-0.4, -0.2) is 25.5 Å². The summed E-state index contributed by atoms with van der Waals surface area (Å²) in [6.07, 6.45) is 4.78. The Balaban J connectivity index is 1.85. The van der Waals surface area contributed by atoms with Crippen molar-refractivity contribution < 1.29 is 9.90 Å². The minimum Gasteiger partial charge on any atom is -0.506 e. The fourth-order valence-electron chi connectivity index (χ4n) is 3.00. The molecule has 0 fully saturated rings. The predicted molar refractivity (Wildman–Crippen MR) is 104 cm³/mol. The Labute approximate surface area is 159 Å². The number of amides is 1. The second kappa shape index (κ2) is 7.32. The monoisotopic (exact) mass is 372 g/mol. The molecular formula is C21H16N4O3. The first-order chi connectivity index (χ1) is 13.7. The highest BCUT2D eigenvalue weighted by Crippen LogP contribution is 2.26. The number of carbonyl (C=O) groups is 1. The van der Waals surface area contributed by atoms with Gasteiger partial charge in [-0.05, 0) is 35.9 Å². The van der Waals surface area contributed by atoms with Crippen LogP contribution in [0, 0.1) is 0 Å². The largest absolute Gasteiger partial charge is 0.506 e. The molecule has 1 aromatic carbocycles. The Hall–Kier alpha value is -4.00. The summed E-state index contributed by atoms with van der Waals surface area (Å²) < 4.78 is 1.33. The number of carbonyl (C=O) groups excluding carboxylic acids is 1.